The fourth-order valence-corrected chi connectivity index (χ4v) is 2.71. The Morgan fingerprint density at radius 3 is 2.84 bits per heavy atom. The Morgan fingerprint density at radius 1 is 1.26 bits per heavy atom. The van der Waals surface area contributed by atoms with Gasteiger partial charge in [-0.3, -0.25) is 0 Å². The van der Waals surface area contributed by atoms with Crippen molar-refractivity contribution in [1.29, 1.82) is 0 Å². The maximum absolute atomic E-state index is 4.60. The molecule has 3 aromatic rings. The van der Waals surface area contributed by atoms with Crippen LogP contribution in [0.1, 0.15) is 11.4 Å². The number of nitrogens with one attached hydrogen (secondary N) is 2. The summed E-state index contributed by atoms with van der Waals surface area (Å²) in [5.74, 6) is 0.811. The molecule has 0 aliphatic carbocycles. The standard InChI is InChI=1S/C14H14N4S/c1-9-7-11(10(2)16-9)12-8-19-14(17-12)18-13-5-3-4-6-15-13/h3-8,16H,1-2H3,(H,15,17,18). The first-order valence-electron chi connectivity index (χ1n) is 6.02. The minimum Gasteiger partial charge on any atom is -0.362 e. The summed E-state index contributed by atoms with van der Waals surface area (Å²) >= 11 is 1.58. The quantitative estimate of drug-likeness (QED) is 0.759. The molecule has 0 fully saturated rings. The van der Waals surface area contributed by atoms with Crippen LogP contribution in [0.15, 0.2) is 35.8 Å². The van der Waals surface area contributed by atoms with E-state index >= 15 is 0 Å². The van der Waals surface area contributed by atoms with Gasteiger partial charge in [-0.2, -0.15) is 0 Å². The Hall–Kier alpha value is -2.14. The number of hydrogen-bond acceptors (Lipinski definition) is 4. The summed E-state index contributed by atoms with van der Waals surface area (Å²) < 4.78 is 0. The minimum absolute atomic E-state index is 0.811. The van der Waals surface area contributed by atoms with Gasteiger partial charge in [0, 0.05) is 28.5 Å². The van der Waals surface area contributed by atoms with Crippen LogP contribution in [0.4, 0.5) is 10.9 Å². The van der Waals surface area contributed by atoms with E-state index in [2.05, 4.69) is 45.6 Å². The molecule has 0 amide bonds. The minimum atomic E-state index is 0.811. The number of nitrogens with zero attached hydrogens (tertiary/aromatic N) is 2. The number of rotatable bonds is 3. The van der Waals surface area contributed by atoms with Gasteiger partial charge in [-0.05, 0) is 32.0 Å². The zero-order chi connectivity index (χ0) is 13.2. The van der Waals surface area contributed by atoms with E-state index in [4.69, 9.17) is 0 Å². The van der Waals surface area contributed by atoms with Crippen LogP contribution in [0.2, 0.25) is 0 Å². The van der Waals surface area contributed by atoms with E-state index in [0.717, 1.165) is 33.6 Å². The fourth-order valence-electron chi connectivity index (χ4n) is 1.99. The molecule has 3 heterocycles. The van der Waals surface area contributed by atoms with E-state index in [-0.39, 0.29) is 0 Å². The molecule has 5 heteroatoms. The molecule has 3 aromatic heterocycles. The maximum Gasteiger partial charge on any atom is 0.188 e. The van der Waals surface area contributed by atoms with Crippen molar-refractivity contribution >= 4 is 22.3 Å². The van der Waals surface area contributed by atoms with Crippen LogP contribution in [0.25, 0.3) is 11.3 Å². The molecule has 0 bridgehead atoms. The van der Waals surface area contributed by atoms with E-state index in [1.54, 1.807) is 17.5 Å². The average molecular weight is 270 g/mol. The molecule has 0 spiro atoms. The van der Waals surface area contributed by atoms with E-state index in [1.807, 2.05) is 18.2 Å². The summed E-state index contributed by atoms with van der Waals surface area (Å²) in [6, 6.07) is 7.88. The molecular formula is C14H14N4S. The van der Waals surface area contributed by atoms with Gasteiger partial charge < -0.3 is 10.3 Å². The lowest BCUT2D eigenvalue weighted by atomic mass is 10.2. The Bertz CT molecular complexity index is 685. The third-order valence-corrected chi connectivity index (χ3v) is 3.59. The molecule has 0 unspecified atom stereocenters. The molecule has 4 nitrogen and oxygen atoms in total. The summed E-state index contributed by atoms with van der Waals surface area (Å²) in [5.41, 5.74) is 4.44. The third kappa shape index (κ3) is 2.51. The predicted octanol–water partition coefficient (Wildman–Crippen LogP) is 3.89. The topological polar surface area (TPSA) is 53.6 Å². The van der Waals surface area contributed by atoms with Gasteiger partial charge in [0.25, 0.3) is 0 Å². The number of pyridine rings is 1. The van der Waals surface area contributed by atoms with E-state index in [1.165, 1.54) is 0 Å². The number of aryl methyl sites for hydroxylation is 2. The molecule has 0 atom stereocenters. The SMILES string of the molecule is Cc1cc(-c2csc(Nc3ccccn3)n2)c(C)[nH]1. The van der Waals surface area contributed by atoms with Crippen LogP contribution >= 0.6 is 11.3 Å². The molecule has 0 radical (unpaired) electrons. The Labute approximate surface area is 115 Å². The van der Waals surface area contributed by atoms with Crippen molar-refractivity contribution < 1.29 is 0 Å². The lowest BCUT2D eigenvalue weighted by molar-refractivity contribution is 1.19. The van der Waals surface area contributed by atoms with Gasteiger partial charge in [0.05, 0.1) is 5.69 Å². The number of thiazole rings is 1. The first-order chi connectivity index (χ1) is 9.22. The smallest absolute Gasteiger partial charge is 0.188 e. The van der Waals surface area contributed by atoms with E-state index in [0.29, 0.717) is 0 Å². The van der Waals surface area contributed by atoms with Crippen molar-refractivity contribution in [2.45, 2.75) is 13.8 Å². The highest BCUT2D eigenvalue weighted by Crippen LogP contribution is 2.29. The lowest BCUT2D eigenvalue weighted by Crippen LogP contribution is -1.91. The molecular weight excluding hydrogens is 256 g/mol. The molecule has 0 aromatic carbocycles. The molecule has 0 saturated carbocycles. The third-order valence-electron chi connectivity index (χ3n) is 2.83. The summed E-state index contributed by atoms with van der Waals surface area (Å²) in [4.78, 5) is 12.1. The van der Waals surface area contributed by atoms with Gasteiger partial charge in [-0.15, -0.1) is 11.3 Å². The zero-order valence-electron chi connectivity index (χ0n) is 10.8. The van der Waals surface area contributed by atoms with Crippen LogP contribution in [0.5, 0.6) is 0 Å². The first kappa shape index (κ1) is 11.9. The maximum atomic E-state index is 4.60. The molecule has 0 saturated heterocycles. The van der Waals surface area contributed by atoms with Crippen LogP contribution < -0.4 is 5.32 Å². The highest BCUT2D eigenvalue weighted by molar-refractivity contribution is 7.14. The molecule has 0 aliphatic rings. The molecule has 0 aliphatic heterocycles. The largest absolute Gasteiger partial charge is 0.362 e. The number of hydrogen-bond donors (Lipinski definition) is 2. The van der Waals surface area contributed by atoms with Crippen molar-refractivity contribution in [3.63, 3.8) is 0 Å². The zero-order valence-corrected chi connectivity index (χ0v) is 11.6. The van der Waals surface area contributed by atoms with Gasteiger partial charge in [-0.1, -0.05) is 6.07 Å². The summed E-state index contributed by atoms with van der Waals surface area (Å²) in [6.45, 7) is 4.11. The van der Waals surface area contributed by atoms with Crippen LogP contribution in [-0.2, 0) is 0 Å². The van der Waals surface area contributed by atoms with Crippen molar-refractivity contribution in [2.24, 2.45) is 0 Å². The number of aromatic nitrogens is 3. The van der Waals surface area contributed by atoms with Crippen molar-refractivity contribution in [2.75, 3.05) is 5.32 Å². The number of H-pyrrole nitrogens is 1. The van der Waals surface area contributed by atoms with Gasteiger partial charge in [0.2, 0.25) is 0 Å². The van der Waals surface area contributed by atoms with Crippen molar-refractivity contribution in [1.82, 2.24) is 15.0 Å². The number of aromatic amines is 1. The molecule has 2 N–H and O–H groups in total. The van der Waals surface area contributed by atoms with Crippen molar-refractivity contribution in [3.05, 3.63) is 47.2 Å². The second-order valence-electron chi connectivity index (χ2n) is 4.37. The molecule has 19 heavy (non-hydrogen) atoms. The lowest BCUT2D eigenvalue weighted by Gasteiger charge is -1.99. The Kier molecular flexibility index (Phi) is 3.05. The molecule has 3 rings (SSSR count). The van der Waals surface area contributed by atoms with Crippen LogP contribution in [0, 0.1) is 13.8 Å². The van der Waals surface area contributed by atoms with Gasteiger partial charge in [0.15, 0.2) is 5.13 Å². The highest BCUT2D eigenvalue weighted by Gasteiger charge is 2.09. The normalized spacial score (nSPS) is 10.6. The monoisotopic (exact) mass is 270 g/mol. The molecule has 96 valence electrons. The summed E-state index contributed by atoms with van der Waals surface area (Å²) in [6.07, 6.45) is 1.76. The average Bonchev–Trinajstić information content (AvgIpc) is 2.97. The second kappa shape index (κ2) is 4.85. The highest BCUT2D eigenvalue weighted by atomic mass is 32.1. The number of anilines is 2. The van der Waals surface area contributed by atoms with E-state index < -0.39 is 0 Å². The van der Waals surface area contributed by atoms with Gasteiger partial charge >= 0.3 is 0 Å². The fraction of sp³-hybridized carbons (Fsp3) is 0.143. The summed E-state index contributed by atoms with van der Waals surface area (Å²) in [7, 11) is 0. The second-order valence-corrected chi connectivity index (χ2v) is 5.23. The first-order valence-corrected chi connectivity index (χ1v) is 6.90. The van der Waals surface area contributed by atoms with Crippen LogP contribution in [0.3, 0.4) is 0 Å². The summed E-state index contributed by atoms with van der Waals surface area (Å²) in [5, 5.41) is 6.12. The van der Waals surface area contributed by atoms with Crippen molar-refractivity contribution in [3.8, 4) is 11.3 Å². The van der Waals surface area contributed by atoms with Gasteiger partial charge in [-0.25, -0.2) is 9.97 Å². The predicted molar refractivity (Wildman–Crippen MR) is 78.9 cm³/mol. The van der Waals surface area contributed by atoms with E-state index in [9.17, 15) is 0 Å². The Morgan fingerprint density at radius 2 is 2.16 bits per heavy atom. The van der Waals surface area contributed by atoms with Crippen LogP contribution in [-0.4, -0.2) is 15.0 Å². The Balaban J connectivity index is 1.86. The van der Waals surface area contributed by atoms with Gasteiger partial charge in [0.1, 0.15) is 5.82 Å².